The van der Waals surface area contributed by atoms with E-state index in [-0.39, 0.29) is 22.4 Å². The minimum absolute atomic E-state index is 0.0723. The zero-order valence-corrected chi connectivity index (χ0v) is 15.8. The lowest BCUT2D eigenvalue weighted by Crippen LogP contribution is -2.36. The summed E-state index contributed by atoms with van der Waals surface area (Å²) >= 11 is 0. The Hall–Kier alpha value is -2.54. The molecule has 1 heterocycles. The van der Waals surface area contributed by atoms with E-state index < -0.39 is 10.0 Å². The molecule has 1 atom stereocenters. The van der Waals surface area contributed by atoms with Crippen molar-refractivity contribution in [2.24, 2.45) is 0 Å². The van der Waals surface area contributed by atoms with Crippen molar-refractivity contribution in [3.8, 4) is 5.75 Å². The van der Waals surface area contributed by atoms with E-state index in [1.54, 1.807) is 6.92 Å². The molecule has 2 aromatic carbocycles. The number of amides is 1. The van der Waals surface area contributed by atoms with Gasteiger partial charge in [-0.25, -0.2) is 8.42 Å². The number of para-hydroxylation sites is 1. The molecule has 0 saturated carbocycles. The van der Waals surface area contributed by atoms with Crippen LogP contribution in [0.25, 0.3) is 0 Å². The number of sulfonamides is 1. The molecule has 0 radical (unpaired) electrons. The second-order valence-corrected chi connectivity index (χ2v) is 8.02. The van der Waals surface area contributed by atoms with E-state index in [4.69, 9.17) is 4.74 Å². The Balaban J connectivity index is 2.08. The van der Waals surface area contributed by atoms with Crippen LogP contribution in [0.4, 0.5) is 5.69 Å². The highest BCUT2D eigenvalue weighted by atomic mass is 32.2. The van der Waals surface area contributed by atoms with Crippen LogP contribution in [-0.4, -0.2) is 34.0 Å². The van der Waals surface area contributed by atoms with Crippen LogP contribution in [0, 0.1) is 0 Å². The lowest BCUT2D eigenvalue weighted by Gasteiger charge is -2.25. The highest BCUT2D eigenvalue weighted by molar-refractivity contribution is 7.92. The average molecular weight is 374 g/mol. The molecule has 1 aliphatic heterocycles. The Morgan fingerprint density at radius 2 is 2.00 bits per heavy atom. The molecule has 6 nitrogen and oxygen atoms in total. The molecule has 3 rings (SSSR count). The van der Waals surface area contributed by atoms with Crippen LogP contribution >= 0.6 is 0 Å². The number of hydrogen-bond donors (Lipinski definition) is 1. The maximum atomic E-state index is 13.3. The van der Waals surface area contributed by atoms with Gasteiger partial charge >= 0.3 is 0 Å². The summed E-state index contributed by atoms with van der Waals surface area (Å²) in [6, 6.07) is 11.7. The van der Waals surface area contributed by atoms with E-state index in [1.807, 2.05) is 31.2 Å². The second-order valence-electron chi connectivity index (χ2n) is 6.20. The topological polar surface area (TPSA) is 75.7 Å². The lowest BCUT2D eigenvalue weighted by atomic mass is 10.1. The minimum Gasteiger partial charge on any atom is -0.496 e. The van der Waals surface area contributed by atoms with Crippen molar-refractivity contribution in [2.45, 2.75) is 31.2 Å². The van der Waals surface area contributed by atoms with Gasteiger partial charge in [0.1, 0.15) is 5.75 Å². The Labute approximate surface area is 153 Å². The van der Waals surface area contributed by atoms with Gasteiger partial charge in [-0.3, -0.25) is 9.10 Å². The maximum absolute atomic E-state index is 13.3. The number of nitrogens with zero attached hydrogens (tertiary/aromatic N) is 1. The highest BCUT2D eigenvalue weighted by Crippen LogP contribution is 2.37. The van der Waals surface area contributed by atoms with Crippen LogP contribution in [-0.2, 0) is 16.4 Å². The molecule has 7 heteroatoms. The highest BCUT2D eigenvalue weighted by Gasteiger charge is 2.36. The summed E-state index contributed by atoms with van der Waals surface area (Å²) in [5, 5.41) is 2.68. The number of rotatable bonds is 5. The van der Waals surface area contributed by atoms with Crippen molar-refractivity contribution < 1.29 is 17.9 Å². The fourth-order valence-corrected chi connectivity index (χ4v) is 5.02. The van der Waals surface area contributed by atoms with Crippen LogP contribution in [0.2, 0.25) is 0 Å². The van der Waals surface area contributed by atoms with Crippen molar-refractivity contribution >= 4 is 21.6 Å². The molecule has 1 amide bonds. The number of anilines is 1. The summed E-state index contributed by atoms with van der Waals surface area (Å²) in [6.07, 6.45) is 0.661. The molecule has 0 bridgehead atoms. The number of benzene rings is 2. The number of ether oxygens (including phenoxy) is 1. The monoisotopic (exact) mass is 374 g/mol. The van der Waals surface area contributed by atoms with Crippen LogP contribution in [0.1, 0.15) is 29.8 Å². The number of nitrogens with one attached hydrogen (secondary N) is 1. The first-order valence-electron chi connectivity index (χ1n) is 8.48. The van der Waals surface area contributed by atoms with Gasteiger partial charge in [0.2, 0.25) is 0 Å². The first-order chi connectivity index (χ1) is 12.4. The molecule has 0 unspecified atom stereocenters. The Morgan fingerprint density at radius 1 is 1.27 bits per heavy atom. The van der Waals surface area contributed by atoms with E-state index in [9.17, 15) is 13.2 Å². The number of carbonyl (C=O) groups excluding carboxylic acids is 1. The zero-order valence-electron chi connectivity index (χ0n) is 15.0. The van der Waals surface area contributed by atoms with Crippen molar-refractivity contribution in [3.63, 3.8) is 0 Å². The smallest absolute Gasteiger partial charge is 0.264 e. The normalized spacial score (nSPS) is 16.3. The molecule has 0 spiro atoms. The molecule has 26 heavy (non-hydrogen) atoms. The molecule has 1 N–H and O–H groups in total. The standard InChI is InChI=1S/C19H22N2O4S/c1-4-20-19(22)16-12-15(9-10-18(16)25-3)26(23,24)21-13(2)11-14-7-5-6-8-17(14)21/h5-10,12-13H,4,11H2,1-3H3,(H,20,22)/t13-/m1/s1. The summed E-state index contributed by atoms with van der Waals surface area (Å²) < 4.78 is 33.2. The molecule has 0 aromatic heterocycles. The zero-order chi connectivity index (χ0) is 18.9. The maximum Gasteiger partial charge on any atom is 0.264 e. The summed E-state index contributed by atoms with van der Waals surface area (Å²) in [4.78, 5) is 12.4. The van der Waals surface area contributed by atoms with Gasteiger partial charge in [0.15, 0.2) is 0 Å². The number of fused-ring (bicyclic) bond motifs is 1. The Bertz CT molecular complexity index is 940. The molecule has 0 fully saturated rings. The van der Waals surface area contributed by atoms with Crippen LogP contribution in [0.3, 0.4) is 0 Å². The van der Waals surface area contributed by atoms with Gasteiger partial charge in [-0.15, -0.1) is 0 Å². The molecule has 2 aromatic rings. The average Bonchev–Trinajstić information content (AvgIpc) is 2.97. The molecule has 0 aliphatic carbocycles. The quantitative estimate of drug-likeness (QED) is 0.873. The fraction of sp³-hybridized carbons (Fsp3) is 0.316. The van der Waals surface area contributed by atoms with Gasteiger partial charge < -0.3 is 10.1 Å². The molecule has 1 aliphatic rings. The molecule has 0 saturated heterocycles. The second kappa shape index (κ2) is 6.99. The van der Waals surface area contributed by atoms with Crippen LogP contribution in [0.15, 0.2) is 47.4 Å². The van der Waals surface area contributed by atoms with Gasteiger partial charge in [-0.05, 0) is 50.1 Å². The summed E-state index contributed by atoms with van der Waals surface area (Å²) in [6.45, 7) is 4.12. The van der Waals surface area contributed by atoms with Crippen molar-refractivity contribution in [1.82, 2.24) is 5.32 Å². The largest absolute Gasteiger partial charge is 0.496 e. The third kappa shape index (κ3) is 3.03. The van der Waals surface area contributed by atoms with Crippen LogP contribution < -0.4 is 14.4 Å². The third-order valence-electron chi connectivity index (χ3n) is 4.45. The molecular weight excluding hydrogens is 352 g/mol. The fourth-order valence-electron chi connectivity index (χ4n) is 3.30. The SMILES string of the molecule is CCNC(=O)c1cc(S(=O)(=O)N2c3ccccc3C[C@H]2C)ccc1OC. The first kappa shape index (κ1) is 18.3. The summed E-state index contributed by atoms with van der Waals surface area (Å²) in [7, 11) is -2.35. The first-order valence-corrected chi connectivity index (χ1v) is 9.92. The van der Waals surface area contributed by atoms with Gasteiger partial charge in [-0.1, -0.05) is 18.2 Å². The van der Waals surface area contributed by atoms with Crippen LogP contribution in [0.5, 0.6) is 5.75 Å². The minimum atomic E-state index is -3.80. The van der Waals surface area contributed by atoms with E-state index in [1.165, 1.54) is 29.6 Å². The molecule has 138 valence electrons. The van der Waals surface area contributed by atoms with E-state index in [0.717, 1.165) is 5.56 Å². The van der Waals surface area contributed by atoms with E-state index in [0.29, 0.717) is 24.4 Å². The van der Waals surface area contributed by atoms with Crippen molar-refractivity contribution in [1.29, 1.82) is 0 Å². The molecular formula is C19H22N2O4S. The van der Waals surface area contributed by atoms with Gasteiger partial charge in [-0.2, -0.15) is 0 Å². The van der Waals surface area contributed by atoms with Crippen molar-refractivity contribution in [2.75, 3.05) is 18.0 Å². The summed E-state index contributed by atoms with van der Waals surface area (Å²) in [5.74, 6) is -0.0268. The van der Waals surface area contributed by atoms with Crippen molar-refractivity contribution in [3.05, 3.63) is 53.6 Å². The lowest BCUT2D eigenvalue weighted by molar-refractivity contribution is 0.0952. The Morgan fingerprint density at radius 3 is 2.69 bits per heavy atom. The predicted molar refractivity (Wildman–Crippen MR) is 100 cm³/mol. The van der Waals surface area contributed by atoms with Gasteiger partial charge in [0, 0.05) is 12.6 Å². The number of methoxy groups -OCH3 is 1. The Kier molecular flexibility index (Phi) is 4.91. The van der Waals surface area contributed by atoms with E-state index in [2.05, 4.69) is 5.32 Å². The van der Waals surface area contributed by atoms with E-state index >= 15 is 0 Å². The van der Waals surface area contributed by atoms with Gasteiger partial charge in [0.25, 0.3) is 15.9 Å². The number of hydrogen-bond acceptors (Lipinski definition) is 4. The third-order valence-corrected chi connectivity index (χ3v) is 6.38. The summed E-state index contributed by atoms with van der Waals surface area (Å²) in [5.41, 5.74) is 1.90. The van der Waals surface area contributed by atoms with Gasteiger partial charge in [0.05, 0.1) is 23.3 Å². The number of carbonyl (C=O) groups is 1. The predicted octanol–water partition coefficient (Wildman–Crippen LogP) is 2.58.